The van der Waals surface area contributed by atoms with E-state index < -0.39 is 0 Å². The van der Waals surface area contributed by atoms with E-state index >= 15 is 0 Å². The predicted molar refractivity (Wildman–Crippen MR) is 86.3 cm³/mol. The van der Waals surface area contributed by atoms with Gasteiger partial charge >= 0.3 is 0 Å². The van der Waals surface area contributed by atoms with Crippen LogP contribution in [0.15, 0.2) is 55.6 Å². The Labute approximate surface area is 114 Å². The molecule has 0 aliphatic rings. The van der Waals surface area contributed by atoms with Crippen LogP contribution in [0.25, 0.3) is 12.2 Å². The maximum Gasteiger partial charge on any atom is 0.0395 e. The average Bonchev–Trinajstić information content (AvgIpc) is 2.42. The zero-order valence-corrected chi connectivity index (χ0v) is 10.8. The van der Waals surface area contributed by atoms with Crippen LogP contribution in [0.3, 0.4) is 0 Å². The Balaban J connectivity index is 0.000000218. The van der Waals surface area contributed by atoms with Crippen molar-refractivity contribution in [2.75, 3.05) is 17.2 Å². The van der Waals surface area contributed by atoms with E-state index in [9.17, 15) is 0 Å². The van der Waals surface area contributed by atoms with Crippen LogP contribution in [0.5, 0.6) is 0 Å². The average molecular weight is 253 g/mol. The quantitative estimate of drug-likeness (QED) is 0.718. The van der Waals surface area contributed by atoms with Crippen LogP contribution in [-0.4, -0.2) is 0 Å². The molecule has 0 spiro atoms. The zero-order valence-electron chi connectivity index (χ0n) is 10.8. The van der Waals surface area contributed by atoms with Crippen molar-refractivity contribution >= 4 is 29.2 Å². The molecule has 19 heavy (non-hydrogen) atoms. The van der Waals surface area contributed by atoms with E-state index in [0.717, 1.165) is 16.8 Å². The molecule has 0 unspecified atom stereocenters. The van der Waals surface area contributed by atoms with E-state index in [2.05, 4.69) is 13.2 Å². The summed E-state index contributed by atoms with van der Waals surface area (Å²) in [4.78, 5) is 0. The Bertz CT molecular complexity index is 527. The summed E-state index contributed by atoms with van der Waals surface area (Å²) in [5.41, 5.74) is 20.6. The highest BCUT2D eigenvalue weighted by Gasteiger charge is 2.02. The van der Waals surface area contributed by atoms with Crippen LogP contribution in [0.1, 0.15) is 11.1 Å². The van der Waals surface area contributed by atoms with Crippen molar-refractivity contribution in [2.24, 2.45) is 0 Å². The number of benzene rings is 2. The molecule has 98 valence electrons. The fraction of sp³-hybridized carbons (Fsp3) is 0. The van der Waals surface area contributed by atoms with Gasteiger partial charge in [-0.1, -0.05) is 43.5 Å². The fourth-order valence-electron chi connectivity index (χ4n) is 1.58. The van der Waals surface area contributed by atoms with Crippen molar-refractivity contribution in [2.45, 2.75) is 0 Å². The van der Waals surface area contributed by atoms with Gasteiger partial charge < -0.3 is 17.2 Å². The summed E-state index contributed by atoms with van der Waals surface area (Å²) < 4.78 is 0. The zero-order chi connectivity index (χ0) is 14.3. The predicted octanol–water partition coefficient (Wildman–Crippen LogP) is 3.41. The third-order valence-electron chi connectivity index (χ3n) is 2.56. The summed E-state index contributed by atoms with van der Waals surface area (Å²) in [5.74, 6) is 0. The molecule has 0 aliphatic carbocycles. The van der Waals surface area contributed by atoms with Crippen molar-refractivity contribution in [3.05, 3.63) is 66.7 Å². The monoisotopic (exact) mass is 253 g/mol. The minimum absolute atomic E-state index is 0.675. The molecule has 0 fully saturated rings. The summed E-state index contributed by atoms with van der Waals surface area (Å²) in [5, 5.41) is 0. The minimum Gasteiger partial charge on any atom is -0.399 e. The van der Waals surface area contributed by atoms with Gasteiger partial charge in [-0.15, -0.1) is 0 Å². The van der Waals surface area contributed by atoms with Crippen LogP contribution in [0.4, 0.5) is 17.1 Å². The van der Waals surface area contributed by atoms with Gasteiger partial charge in [0.05, 0.1) is 0 Å². The Morgan fingerprint density at radius 3 is 1.37 bits per heavy atom. The third-order valence-corrected chi connectivity index (χ3v) is 2.56. The third kappa shape index (κ3) is 3.92. The van der Waals surface area contributed by atoms with Crippen molar-refractivity contribution in [3.63, 3.8) is 0 Å². The number of nitrogens with two attached hydrogens (primary N) is 3. The van der Waals surface area contributed by atoms with Crippen molar-refractivity contribution in [1.82, 2.24) is 0 Å². The molecule has 0 heterocycles. The lowest BCUT2D eigenvalue weighted by Crippen LogP contribution is -1.96. The largest absolute Gasteiger partial charge is 0.399 e. The molecule has 0 atom stereocenters. The van der Waals surface area contributed by atoms with Gasteiger partial charge in [0.25, 0.3) is 0 Å². The Morgan fingerprint density at radius 1 is 0.684 bits per heavy atom. The van der Waals surface area contributed by atoms with Gasteiger partial charge in [-0.2, -0.15) is 0 Å². The summed E-state index contributed by atoms with van der Waals surface area (Å²) in [6.45, 7) is 7.32. The second-order valence-electron chi connectivity index (χ2n) is 3.89. The topological polar surface area (TPSA) is 78.1 Å². The number of rotatable bonds is 2. The van der Waals surface area contributed by atoms with Gasteiger partial charge in [0, 0.05) is 28.2 Å². The Kier molecular flexibility index (Phi) is 5.23. The molecule has 0 amide bonds. The SMILES string of the molecule is C=Cc1c(N)ccc(N)c1C=C.Nc1ccccc1. The number of para-hydroxylation sites is 1. The first kappa shape index (κ1) is 14.4. The molecule has 0 bridgehead atoms. The van der Waals surface area contributed by atoms with Gasteiger partial charge in [0.15, 0.2) is 0 Å². The maximum absolute atomic E-state index is 5.70. The van der Waals surface area contributed by atoms with E-state index in [4.69, 9.17) is 17.2 Å². The molecule has 2 aromatic carbocycles. The van der Waals surface area contributed by atoms with Crippen LogP contribution in [0.2, 0.25) is 0 Å². The highest BCUT2D eigenvalue weighted by Crippen LogP contribution is 2.24. The molecule has 6 N–H and O–H groups in total. The highest BCUT2D eigenvalue weighted by atomic mass is 14.6. The summed E-state index contributed by atoms with van der Waals surface area (Å²) >= 11 is 0. The number of nitrogen functional groups attached to an aromatic ring is 3. The number of hydrogen-bond acceptors (Lipinski definition) is 3. The van der Waals surface area contributed by atoms with Crippen LogP contribution >= 0.6 is 0 Å². The lowest BCUT2D eigenvalue weighted by Gasteiger charge is -2.07. The molecule has 2 aromatic rings. The second-order valence-corrected chi connectivity index (χ2v) is 3.89. The number of anilines is 3. The molecule has 3 nitrogen and oxygen atoms in total. The molecule has 0 aliphatic heterocycles. The van der Waals surface area contributed by atoms with E-state index in [1.807, 2.05) is 30.3 Å². The Morgan fingerprint density at radius 2 is 1.11 bits per heavy atom. The standard InChI is InChI=1S/C10H12N2.C6H7N/c1-3-7-8(4-2)10(12)6-5-9(7)11;7-6-4-2-1-3-5-6/h3-6H,1-2,11-12H2;1-5H,7H2. The summed E-state index contributed by atoms with van der Waals surface area (Å²) in [6.07, 6.45) is 3.37. The highest BCUT2D eigenvalue weighted by molar-refractivity contribution is 5.80. The van der Waals surface area contributed by atoms with Crippen molar-refractivity contribution in [1.29, 1.82) is 0 Å². The second kappa shape index (κ2) is 6.91. The molecular weight excluding hydrogens is 234 g/mol. The Hall–Kier alpha value is -2.68. The van der Waals surface area contributed by atoms with Gasteiger partial charge in [-0.25, -0.2) is 0 Å². The molecular formula is C16H19N3. The molecule has 3 heteroatoms. The molecule has 0 saturated heterocycles. The van der Waals surface area contributed by atoms with Crippen LogP contribution in [-0.2, 0) is 0 Å². The smallest absolute Gasteiger partial charge is 0.0395 e. The first-order valence-corrected chi connectivity index (χ1v) is 5.83. The molecule has 0 aromatic heterocycles. The molecule has 0 saturated carbocycles. The lowest BCUT2D eigenvalue weighted by molar-refractivity contribution is 1.59. The van der Waals surface area contributed by atoms with E-state index in [1.165, 1.54) is 0 Å². The van der Waals surface area contributed by atoms with Gasteiger partial charge in [-0.05, 0) is 24.3 Å². The van der Waals surface area contributed by atoms with E-state index in [-0.39, 0.29) is 0 Å². The first-order chi connectivity index (χ1) is 9.10. The minimum atomic E-state index is 0.675. The van der Waals surface area contributed by atoms with Gasteiger partial charge in [0.2, 0.25) is 0 Å². The lowest BCUT2D eigenvalue weighted by atomic mass is 10.0. The maximum atomic E-state index is 5.70. The van der Waals surface area contributed by atoms with E-state index in [0.29, 0.717) is 11.4 Å². The van der Waals surface area contributed by atoms with E-state index in [1.54, 1.807) is 24.3 Å². The normalized spacial score (nSPS) is 9.05. The summed E-state index contributed by atoms with van der Waals surface area (Å²) in [6, 6.07) is 13.0. The fourth-order valence-corrected chi connectivity index (χ4v) is 1.58. The van der Waals surface area contributed by atoms with Gasteiger partial charge in [0.1, 0.15) is 0 Å². The van der Waals surface area contributed by atoms with Crippen LogP contribution < -0.4 is 17.2 Å². The first-order valence-electron chi connectivity index (χ1n) is 5.83. The van der Waals surface area contributed by atoms with Crippen molar-refractivity contribution in [3.8, 4) is 0 Å². The van der Waals surface area contributed by atoms with Crippen molar-refractivity contribution < 1.29 is 0 Å². The number of hydrogen-bond donors (Lipinski definition) is 3. The molecule has 2 rings (SSSR count). The van der Waals surface area contributed by atoms with Gasteiger partial charge in [-0.3, -0.25) is 0 Å². The molecule has 0 radical (unpaired) electrons. The summed E-state index contributed by atoms with van der Waals surface area (Å²) in [7, 11) is 0. The van der Waals surface area contributed by atoms with Crippen LogP contribution in [0, 0.1) is 0 Å².